The van der Waals surface area contributed by atoms with Crippen LogP contribution in [0.2, 0.25) is 0 Å². The summed E-state index contributed by atoms with van der Waals surface area (Å²) in [5.74, 6) is 0. The van der Waals surface area contributed by atoms with Gasteiger partial charge in [0, 0.05) is 6.20 Å². The van der Waals surface area contributed by atoms with Crippen molar-refractivity contribution >= 4 is 0 Å². The average molecular weight is 255 g/mol. The van der Waals surface area contributed by atoms with Gasteiger partial charge in [-0.25, -0.2) is 4.68 Å². The van der Waals surface area contributed by atoms with Crippen LogP contribution in [-0.2, 0) is 0 Å². The summed E-state index contributed by atoms with van der Waals surface area (Å²) in [5, 5.41) is 7.57. The maximum Gasteiger partial charge on any atom is 0.274 e. The van der Waals surface area contributed by atoms with Crippen LogP contribution >= 0.6 is 0 Å². The summed E-state index contributed by atoms with van der Waals surface area (Å²) in [5.41, 5.74) is 1.70. The van der Waals surface area contributed by atoms with Crippen molar-refractivity contribution in [1.29, 1.82) is 0 Å². The molecule has 2 heterocycles. The number of nitrogens with zero attached hydrogens (tertiary/aromatic N) is 2. The van der Waals surface area contributed by atoms with E-state index in [1.807, 2.05) is 30.3 Å². The number of aromatic nitrogens is 2. The molecule has 0 atom stereocenters. The topological polar surface area (TPSA) is 46.9 Å². The van der Waals surface area contributed by atoms with E-state index in [9.17, 15) is 4.79 Å². The minimum Gasteiger partial charge on any atom is -0.317 e. The van der Waals surface area contributed by atoms with Gasteiger partial charge < -0.3 is 5.32 Å². The Morgan fingerprint density at radius 3 is 2.58 bits per heavy atom. The van der Waals surface area contributed by atoms with Crippen LogP contribution in [0.4, 0.5) is 0 Å². The zero-order chi connectivity index (χ0) is 13.1. The third-order valence-corrected chi connectivity index (χ3v) is 3.61. The lowest BCUT2D eigenvalue weighted by Crippen LogP contribution is -2.35. The van der Waals surface area contributed by atoms with Gasteiger partial charge in [-0.1, -0.05) is 30.3 Å². The fraction of sp³-hybridized carbons (Fsp3) is 0.333. The Labute approximate surface area is 112 Å². The fourth-order valence-electron chi connectivity index (χ4n) is 2.58. The van der Waals surface area contributed by atoms with Crippen LogP contribution in [0.3, 0.4) is 0 Å². The van der Waals surface area contributed by atoms with Gasteiger partial charge in [-0.2, -0.15) is 5.10 Å². The van der Waals surface area contributed by atoms with Crippen molar-refractivity contribution in [2.45, 2.75) is 18.9 Å². The highest BCUT2D eigenvalue weighted by Crippen LogP contribution is 2.18. The van der Waals surface area contributed by atoms with Crippen molar-refractivity contribution in [3.63, 3.8) is 0 Å². The molecule has 4 heteroatoms. The van der Waals surface area contributed by atoms with Crippen LogP contribution < -0.4 is 10.9 Å². The standard InChI is InChI=1S/C15H17N3O/c19-15-14(12-4-2-1-3-5-12)8-11-17-18(15)13-6-9-16-10-7-13/h1-5,8,11,13,16H,6-7,9-10H2. The van der Waals surface area contributed by atoms with Crippen LogP contribution in [0.25, 0.3) is 11.1 Å². The van der Waals surface area contributed by atoms with Crippen LogP contribution in [0.1, 0.15) is 18.9 Å². The number of benzene rings is 1. The molecule has 2 aromatic rings. The van der Waals surface area contributed by atoms with E-state index >= 15 is 0 Å². The molecule has 1 saturated heterocycles. The highest BCUT2D eigenvalue weighted by molar-refractivity contribution is 5.61. The molecule has 1 aliphatic heterocycles. The third-order valence-electron chi connectivity index (χ3n) is 3.61. The predicted octanol–water partition coefficient (Wildman–Crippen LogP) is 1.83. The van der Waals surface area contributed by atoms with Crippen molar-refractivity contribution in [2.75, 3.05) is 13.1 Å². The first-order valence-electron chi connectivity index (χ1n) is 6.70. The number of hydrogen-bond acceptors (Lipinski definition) is 3. The lowest BCUT2D eigenvalue weighted by Gasteiger charge is -2.23. The van der Waals surface area contributed by atoms with E-state index in [2.05, 4.69) is 10.4 Å². The zero-order valence-electron chi connectivity index (χ0n) is 10.7. The van der Waals surface area contributed by atoms with Gasteiger partial charge in [0.05, 0.1) is 11.6 Å². The van der Waals surface area contributed by atoms with E-state index in [0.717, 1.165) is 37.1 Å². The van der Waals surface area contributed by atoms with Crippen LogP contribution in [-0.4, -0.2) is 22.9 Å². The molecule has 0 aliphatic carbocycles. The molecule has 0 bridgehead atoms. The second kappa shape index (κ2) is 5.36. The van der Waals surface area contributed by atoms with Gasteiger partial charge in [-0.3, -0.25) is 4.79 Å². The maximum atomic E-state index is 12.5. The Morgan fingerprint density at radius 1 is 1.11 bits per heavy atom. The molecule has 1 aliphatic rings. The Kier molecular flexibility index (Phi) is 3.42. The summed E-state index contributed by atoms with van der Waals surface area (Å²) in [6.07, 6.45) is 3.65. The molecule has 1 aromatic carbocycles. The Morgan fingerprint density at radius 2 is 1.84 bits per heavy atom. The summed E-state index contributed by atoms with van der Waals surface area (Å²) in [6, 6.07) is 11.8. The Bertz CT molecular complexity index is 600. The average Bonchev–Trinajstić information content (AvgIpc) is 2.49. The molecule has 0 saturated carbocycles. The number of rotatable bonds is 2. The van der Waals surface area contributed by atoms with Crippen molar-refractivity contribution in [2.24, 2.45) is 0 Å². The molecule has 1 aromatic heterocycles. The van der Waals surface area contributed by atoms with E-state index in [1.54, 1.807) is 16.9 Å². The summed E-state index contributed by atoms with van der Waals surface area (Å²) in [4.78, 5) is 12.5. The quantitative estimate of drug-likeness (QED) is 0.890. The molecule has 4 nitrogen and oxygen atoms in total. The van der Waals surface area contributed by atoms with Gasteiger partial charge in [0.2, 0.25) is 0 Å². The van der Waals surface area contributed by atoms with Crippen molar-refractivity contribution in [3.05, 3.63) is 52.9 Å². The van der Waals surface area contributed by atoms with Gasteiger partial charge in [0.15, 0.2) is 0 Å². The second-order valence-electron chi connectivity index (χ2n) is 4.84. The van der Waals surface area contributed by atoms with E-state index in [4.69, 9.17) is 0 Å². The summed E-state index contributed by atoms with van der Waals surface area (Å²) >= 11 is 0. The Hall–Kier alpha value is -1.94. The second-order valence-corrected chi connectivity index (χ2v) is 4.84. The molecule has 0 spiro atoms. The van der Waals surface area contributed by atoms with Crippen LogP contribution in [0.5, 0.6) is 0 Å². The Balaban J connectivity index is 2.02. The number of piperidine rings is 1. The number of hydrogen-bond donors (Lipinski definition) is 1. The molecule has 0 unspecified atom stereocenters. The summed E-state index contributed by atoms with van der Waals surface area (Å²) in [6.45, 7) is 1.91. The van der Waals surface area contributed by atoms with Gasteiger partial charge in [-0.05, 0) is 37.6 Å². The fourth-order valence-corrected chi connectivity index (χ4v) is 2.58. The molecule has 3 rings (SSSR count). The summed E-state index contributed by atoms with van der Waals surface area (Å²) < 4.78 is 1.66. The van der Waals surface area contributed by atoms with Crippen LogP contribution in [0, 0.1) is 0 Å². The van der Waals surface area contributed by atoms with E-state index in [0.29, 0.717) is 0 Å². The molecule has 1 N–H and O–H groups in total. The molecular formula is C15H17N3O. The van der Waals surface area contributed by atoms with E-state index in [1.165, 1.54) is 0 Å². The lowest BCUT2D eigenvalue weighted by molar-refractivity contribution is 0.332. The van der Waals surface area contributed by atoms with Crippen molar-refractivity contribution in [3.8, 4) is 11.1 Å². The first kappa shape index (κ1) is 12.1. The van der Waals surface area contributed by atoms with Gasteiger partial charge in [0.1, 0.15) is 0 Å². The normalized spacial score (nSPS) is 16.4. The largest absolute Gasteiger partial charge is 0.317 e. The smallest absolute Gasteiger partial charge is 0.274 e. The molecular weight excluding hydrogens is 238 g/mol. The summed E-state index contributed by atoms with van der Waals surface area (Å²) in [7, 11) is 0. The molecule has 0 amide bonds. The minimum atomic E-state index is 0.0144. The minimum absolute atomic E-state index is 0.0144. The van der Waals surface area contributed by atoms with Crippen molar-refractivity contribution in [1.82, 2.24) is 15.1 Å². The molecule has 1 fully saturated rings. The molecule has 98 valence electrons. The van der Waals surface area contributed by atoms with E-state index in [-0.39, 0.29) is 11.6 Å². The SMILES string of the molecule is O=c1c(-c2ccccc2)ccnn1C1CCNCC1. The highest BCUT2D eigenvalue weighted by atomic mass is 16.1. The first-order valence-corrected chi connectivity index (χ1v) is 6.70. The number of nitrogens with one attached hydrogen (secondary N) is 1. The van der Waals surface area contributed by atoms with Crippen molar-refractivity contribution < 1.29 is 0 Å². The highest BCUT2D eigenvalue weighted by Gasteiger charge is 2.18. The third kappa shape index (κ3) is 2.44. The lowest BCUT2D eigenvalue weighted by atomic mass is 10.1. The first-order chi connectivity index (χ1) is 9.36. The zero-order valence-corrected chi connectivity index (χ0v) is 10.7. The predicted molar refractivity (Wildman–Crippen MR) is 75.1 cm³/mol. The van der Waals surface area contributed by atoms with E-state index < -0.39 is 0 Å². The van der Waals surface area contributed by atoms with Gasteiger partial charge in [0.25, 0.3) is 5.56 Å². The van der Waals surface area contributed by atoms with Crippen LogP contribution in [0.15, 0.2) is 47.4 Å². The van der Waals surface area contributed by atoms with Gasteiger partial charge >= 0.3 is 0 Å². The molecule has 19 heavy (non-hydrogen) atoms. The molecule has 0 radical (unpaired) electrons. The monoisotopic (exact) mass is 255 g/mol. The van der Waals surface area contributed by atoms with Gasteiger partial charge in [-0.15, -0.1) is 0 Å². The maximum absolute atomic E-state index is 12.5.